The lowest BCUT2D eigenvalue weighted by Gasteiger charge is -2.22. The summed E-state index contributed by atoms with van der Waals surface area (Å²) < 4.78 is 5.63. The number of hydrogen-bond donors (Lipinski definition) is 1. The lowest BCUT2D eigenvalue weighted by molar-refractivity contribution is 0.232. The Morgan fingerprint density at radius 3 is 2.61 bits per heavy atom. The minimum Gasteiger partial charge on any atom is -0.475 e. The van der Waals surface area contributed by atoms with Gasteiger partial charge in [0.1, 0.15) is 0 Å². The molecule has 0 radical (unpaired) electrons. The van der Waals surface area contributed by atoms with E-state index in [0.29, 0.717) is 18.4 Å². The molecule has 0 spiro atoms. The van der Waals surface area contributed by atoms with Gasteiger partial charge in [0.05, 0.1) is 6.10 Å². The third kappa shape index (κ3) is 4.49. The van der Waals surface area contributed by atoms with Crippen LogP contribution in [0.15, 0.2) is 6.07 Å². The number of aryl methyl sites for hydroxylation is 1. The smallest absolute Gasteiger partial charge is 0.228 e. The average molecular weight is 252 g/mol. The van der Waals surface area contributed by atoms with E-state index in [1.54, 1.807) is 0 Å². The van der Waals surface area contributed by atoms with Crippen molar-refractivity contribution in [3.63, 3.8) is 0 Å². The molecule has 1 aromatic heterocycles. The van der Waals surface area contributed by atoms with Crippen molar-refractivity contribution in [2.45, 2.75) is 40.2 Å². The Morgan fingerprint density at radius 2 is 2.06 bits per heavy atom. The highest BCUT2D eigenvalue weighted by Crippen LogP contribution is 2.16. The van der Waals surface area contributed by atoms with Crippen LogP contribution in [0, 0.1) is 6.92 Å². The van der Waals surface area contributed by atoms with E-state index in [1.165, 1.54) is 0 Å². The number of aromatic nitrogens is 2. The quantitative estimate of drug-likeness (QED) is 0.801. The van der Waals surface area contributed by atoms with Gasteiger partial charge in [-0.25, -0.2) is 4.98 Å². The van der Waals surface area contributed by atoms with Crippen LogP contribution in [0.5, 0.6) is 5.88 Å². The van der Waals surface area contributed by atoms with Crippen LogP contribution in [-0.4, -0.2) is 35.7 Å². The highest BCUT2D eigenvalue weighted by Gasteiger charge is 2.11. The van der Waals surface area contributed by atoms with Crippen LogP contribution < -0.4 is 15.4 Å². The molecule has 2 N–H and O–H groups in total. The maximum absolute atomic E-state index is 5.63. The maximum atomic E-state index is 5.63. The highest BCUT2D eigenvalue weighted by atomic mass is 16.5. The van der Waals surface area contributed by atoms with Crippen molar-refractivity contribution in [3.05, 3.63) is 11.8 Å². The molecule has 0 atom stereocenters. The fraction of sp³-hybridized carbons (Fsp3) is 0.692. The Labute approximate surface area is 109 Å². The van der Waals surface area contributed by atoms with Crippen molar-refractivity contribution >= 4 is 5.95 Å². The standard InChI is InChI=1S/C13H24N4O/c1-5-7-17(8-6-14)13-15-11(4)9-12(16-13)18-10(2)3/h9-10H,5-8,14H2,1-4H3. The lowest BCUT2D eigenvalue weighted by Crippen LogP contribution is -2.31. The number of anilines is 1. The topological polar surface area (TPSA) is 64.3 Å². The molecule has 1 rings (SSSR count). The zero-order chi connectivity index (χ0) is 13.5. The third-order valence-corrected chi connectivity index (χ3v) is 2.35. The lowest BCUT2D eigenvalue weighted by atomic mass is 10.4. The molecule has 5 nitrogen and oxygen atoms in total. The highest BCUT2D eigenvalue weighted by molar-refractivity contribution is 5.34. The Balaban J connectivity index is 2.94. The minimum atomic E-state index is 0.112. The van der Waals surface area contributed by atoms with E-state index in [-0.39, 0.29) is 6.10 Å². The fourth-order valence-electron chi connectivity index (χ4n) is 1.71. The van der Waals surface area contributed by atoms with Gasteiger partial charge in [-0.2, -0.15) is 4.98 Å². The second-order valence-corrected chi connectivity index (χ2v) is 4.59. The number of nitrogens with two attached hydrogens (primary N) is 1. The number of nitrogens with zero attached hydrogens (tertiary/aromatic N) is 3. The van der Waals surface area contributed by atoms with Crippen LogP contribution in [0.4, 0.5) is 5.95 Å². The van der Waals surface area contributed by atoms with Crippen LogP contribution in [0.1, 0.15) is 32.9 Å². The van der Waals surface area contributed by atoms with Gasteiger partial charge >= 0.3 is 0 Å². The molecule has 0 aliphatic rings. The zero-order valence-electron chi connectivity index (χ0n) is 11.8. The second kappa shape index (κ2) is 7.16. The van der Waals surface area contributed by atoms with E-state index in [1.807, 2.05) is 26.8 Å². The summed E-state index contributed by atoms with van der Waals surface area (Å²) in [6.07, 6.45) is 1.15. The average Bonchev–Trinajstić information content (AvgIpc) is 2.27. The summed E-state index contributed by atoms with van der Waals surface area (Å²) in [5.74, 6) is 1.34. The van der Waals surface area contributed by atoms with Gasteiger partial charge in [0.15, 0.2) is 0 Å². The first kappa shape index (κ1) is 14.7. The predicted molar refractivity (Wildman–Crippen MR) is 74.1 cm³/mol. The minimum absolute atomic E-state index is 0.112. The molecule has 0 saturated carbocycles. The number of hydrogen-bond acceptors (Lipinski definition) is 5. The van der Waals surface area contributed by atoms with Crippen LogP contribution >= 0.6 is 0 Å². The van der Waals surface area contributed by atoms with Gasteiger partial charge in [-0.15, -0.1) is 0 Å². The first-order valence-corrected chi connectivity index (χ1v) is 6.54. The summed E-state index contributed by atoms with van der Waals surface area (Å²) >= 11 is 0. The largest absolute Gasteiger partial charge is 0.475 e. The van der Waals surface area contributed by atoms with Gasteiger partial charge in [-0.1, -0.05) is 6.92 Å². The van der Waals surface area contributed by atoms with Crippen LogP contribution in [0.25, 0.3) is 0 Å². The molecule has 0 saturated heterocycles. The van der Waals surface area contributed by atoms with Crippen molar-refractivity contribution in [1.29, 1.82) is 0 Å². The van der Waals surface area contributed by atoms with E-state index >= 15 is 0 Å². The maximum Gasteiger partial charge on any atom is 0.228 e. The Morgan fingerprint density at radius 1 is 1.33 bits per heavy atom. The molecular weight excluding hydrogens is 228 g/mol. The summed E-state index contributed by atoms with van der Waals surface area (Å²) in [7, 11) is 0. The molecule has 1 heterocycles. The molecule has 5 heteroatoms. The van der Waals surface area contributed by atoms with Crippen LogP contribution in [0.3, 0.4) is 0 Å². The molecule has 0 aliphatic carbocycles. The molecule has 0 fully saturated rings. The first-order chi connectivity index (χ1) is 8.56. The summed E-state index contributed by atoms with van der Waals surface area (Å²) in [6.45, 7) is 10.3. The van der Waals surface area contributed by atoms with E-state index in [2.05, 4.69) is 21.8 Å². The molecule has 18 heavy (non-hydrogen) atoms. The summed E-state index contributed by atoms with van der Waals surface area (Å²) in [5, 5.41) is 0. The monoisotopic (exact) mass is 252 g/mol. The normalized spacial score (nSPS) is 10.8. The summed E-state index contributed by atoms with van der Waals surface area (Å²) in [6, 6.07) is 1.86. The van der Waals surface area contributed by atoms with Crippen molar-refractivity contribution in [3.8, 4) is 5.88 Å². The Kier molecular flexibility index (Phi) is 5.85. The Bertz CT molecular complexity index is 362. The number of ether oxygens (including phenoxy) is 1. The Hall–Kier alpha value is -1.36. The predicted octanol–water partition coefficient (Wildman–Crippen LogP) is 1.75. The van der Waals surface area contributed by atoms with Gasteiger partial charge in [0, 0.05) is 31.4 Å². The van der Waals surface area contributed by atoms with Gasteiger partial charge in [-0.3, -0.25) is 0 Å². The summed E-state index contributed by atoms with van der Waals surface area (Å²) in [4.78, 5) is 11.0. The molecule has 102 valence electrons. The van der Waals surface area contributed by atoms with Crippen LogP contribution in [0.2, 0.25) is 0 Å². The van der Waals surface area contributed by atoms with Crippen molar-refractivity contribution in [1.82, 2.24) is 9.97 Å². The number of rotatable bonds is 7. The SMILES string of the molecule is CCCN(CCN)c1nc(C)cc(OC(C)C)n1. The van der Waals surface area contributed by atoms with Crippen LogP contribution in [-0.2, 0) is 0 Å². The summed E-state index contributed by atoms with van der Waals surface area (Å²) in [5.41, 5.74) is 6.54. The van der Waals surface area contributed by atoms with E-state index in [0.717, 1.165) is 25.2 Å². The van der Waals surface area contributed by atoms with E-state index in [9.17, 15) is 0 Å². The second-order valence-electron chi connectivity index (χ2n) is 4.59. The van der Waals surface area contributed by atoms with Crippen molar-refractivity contribution in [2.75, 3.05) is 24.5 Å². The van der Waals surface area contributed by atoms with Gasteiger partial charge in [0.25, 0.3) is 0 Å². The molecule has 1 aromatic rings. The van der Waals surface area contributed by atoms with Crippen molar-refractivity contribution in [2.24, 2.45) is 5.73 Å². The van der Waals surface area contributed by atoms with Gasteiger partial charge in [0.2, 0.25) is 11.8 Å². The van der Waals surface area contributed by atoms with Crippen molar-refractivity contribution < 1.29 is 4.74 Å². The molecular formula is C13H24N4O. The molecule has 0 aromatic carbocycles. The molecule has 0 bridgehead atoms. The van der Waals surface area contributed by atoms with Gasteiger partial charge in [-0.05, 0) is 27.2 Å². The molecule has 0 aliphatic heterocycles. The molecule has 0 unspecified atom stereocenters. The first-order valence-electron chi connectivity index (χ1n) is 6.54. The van der Waals surface area contributed by atoms with Gasteiger partial charge < -0.3 is 15.4 Å². The van der Waals surface area contributed by atoms with E-state index in [4.69, 9.17) is 10.5 Å². The fourth-order valence-corrected chi connectivity index (χ4v) is 1.71. The zero-order valence-corrected chi connectivity index (χ0v) is 11.8. The molecule has 0 amide bonds. The van der Waals surface area contributed by atoms with E-state index < -0.39 is 0 Å². The third-order valence-electron chi connectivity index (χ3n) is 2.35.